The molecule has 0 radical (unpaired) electrons. The molecule has 2 heteroatoms. The summed E-state index contributed by atoms with van der Waals surface area (Å²) in [6.07, 6.45) is 6.55. The summed E-state index contributed by atoms with van der Waals surface area (Å²) in [5.74, 6) is 0.885. The van der Waals surface area contributed by atoms with Crippen LogP contribution in [0, 0.1) is 17.3 Å². The molecule has 2 bridgehead atoms. The van der Waals surface area contributed by atoms with E-state index in [0.29, 0.717) is 0 Å². The summed E-state index contributed by atoms with van der Waals surface area (Å²) in [5, 5.41) is 9.25. The van der Waals surface area contributed by atoms with Gasteiger partial charge >= 0.3 is 5.97 Å². The van der Waals surface area contributed by atoms with Crippen LogP contribution in [-0.2, 0) is 4.79 Å². The molecule has 0 aliphatic heterocycles. The molecule has 74 valence electrons. The highest BCUT2D eigenvalue weighted by atomic mass is 16.4. The van der Waals surface area contributed by atoms with Crippen molar-refractivity contribution >= 4 is 5.97 Å². The van der Waals surface area contributed by atoms with Gasteiger partial charge in [0.25, 0.3) is 0 Å². The first-order chi connectivity index (χ1) is 6.16. The van der Waals surface area contributed by atoms with Gasteiger partial charge in [-0.1, -0.05) is 19.8 Å². The topological polar surface area (TPSA) is 37.3 Å². The van der Waals surface area contributed by atoms with Crippen LogP contribution in [-0.4, -0.2) is 11.1 Å². The maximum absolute atomic E-state index is 11.2. The normalized spacial score (nSPS) is 43.5. The van der Waals surface area contributed by atoms with Crippen LogP contribution in [0.25, 0.3) is 0 Å². The van der Waals surface area contributed by atoms with Crippen LogP contribution < -0.4 is 0 Å². The first-order valence-corrected chi connectivity index (χ1v) is 5.39. The zero-order valence-electron chi connectivity index (χ0n) is 8.25. The Kier molecular flexibility index (Phi) is 2.09. The largest absolute Gasteiger partial charge is 0.481 e. The van der Waals surface area contributed by atoms with Crippen molar-refractivity contribution in [3.8, 4) is 0 Å². The Bertz CT molecular complexity index is 210. The van der Waals surface area contributed by atoms with E-state index in [1.807, 2.05) is 6.92 Å². The van der Waals surface area contributed by atoms with Gasteiger partial charge in [-0.2, -0.15) is 0 Å². The number of carboxylic acids is 1. The fourth-order valence-corrected chi connectivity index (χ4v) is 3.35. The van der Waals surface area contributed by atoms with E-state index >= 15 is 0 Å². The maximum atomic E-state index is 11.2. The summed E-state index contributed by atoms with van der Waals surface area (Å²) in [6, 6.07) is 0. The van der Waals surface area contributed by atoms with Gasteiger partial charge in [0, 0.05) is 0 Å². The number of fused-ring (bicyclic) bond motifs is 2. The zero-order valence-corrected chi connectivity index (χ0v) is 8.25. The molecule has 13 heavy (non-hydrogen) atoms. The van der Waals surface area contributed by atoms with E-state index in [2.05, 4.69) is 0 Å². The van der Waals surface area contributed by atoms with Crippen LogP contribution in [0.2, 0.25) is 0 Å². The Hall–Kier alpha value is -0.530. The van der Waals surface area contributed by atoms with Crippen molar-refractivity contribution in [1.29, 1.82) is 0 Å². The standard InChI is InChI=1S/C11H18O2/c1-2-11(10(12)13)6-8-3-4-9(5-8)7-11/h8-9H,2-7H2,1H3,(H,12,13). The van der Waals surface area contributed by atoms with Crippen molar-refractivity contribution in [3.05, 3.63) is 0 Å². The van der Waals surface area contributed by atoms with Crippen molar-refractivity contribution in [2.75, 3.05) is 0 Å². The molecule has 2 aliphatic carbocycles. The Morgan fingerprint density at radius 3 is 2.31 bits per heavy atom. The van der Waals surface area contributed by atoms with Gasteiger partial charge in [0.15, 0.2) is 0 Å². The lowest BCUT2D eigenvalue weighted by Gasteiger charge is -2.36. The highest BCUT2D eigenvalue weighted by molar-refractivity contribution is 5.74. The summed E-state index contributed by atoms with van der Waals surface area (Å²) in [7, 11) is 0. The average molecular weight is 182 g/mol. The molecule has 0 aromatic rings. The number of hydrogen-bond acceptors (Lipinski definition) is 1. The summed E-state index contributed by atoms with van der Waals surface area (Å²) >= 11 is 0. The lowest BCUT2D eigenvalue weighted by Crippen LogP contribution is -2.36. The quantitative estimate of drug-likeness (QED) is 0.713. The van der Waals surface area contributed by atoms with Crippen LogP contribution in [0.3, 0.4) is 0 Å². The minimum Gasteiger partial charge on any atom is -0.481 e. The van der Waals surface area contributed by atoms with E-state index < -0.39 is 5.97 Å². The fraction of sp³-hybridized carbons (Fsp3) is 0.909. The predicted octanol–water partition coefficient (Wildman–Crippen LogP) is 2.68. The van der Waals surface area contributed by atoms with Gasteiger partial charge < -0.3 is 5.11 Å². The SMILES string of the molecule is CCC1(C(=O)O)CC2CCC(C2)C1. The van der Waals surface area contributed by atoms with Gasteiger partial charge in [-0.3, -0.25) is 4.79 Å². The average Bonchev–Trinajstić information content (AvgIpc) is 2.45. The summed E-state index contributed by atoms with van der Waals surface area (Å²) < 4.78 is 0. The van der Waals surface area contributed by atoms with Crippen LogP contribution >= 0.6 is 0 Å². The van der Waals surface area contributed by atoms with Crippen molar-refractivity contribution in [2.45, 2.75) is 45.4 Å². The molecule has 0 spiro atoms. The van der Waals surface area contributed by atoms with Crippen LogP contribution in [0.15, 0.2) is 0 Å². The molecule has 0 aromatic carbocycles. The summed E-state index contributed by atoms with van der Waals surface area (Å²) in [4.78, 5) is 11.2. The third-order valence-electron chi connectivity index (χ3n) is 4.14. The van der Waals surface area contributed by atoms with Gasteiger partial charge in [0.1, 0.15) is 0 Å². The molecule has 2 unspecified atom stereocenters. The van der Waals surface area contributed by atoms with Gasteiger partial charge in [-0.05, 0) is 37.5 Å². The van der Waals surface area contributed by atoms with Crippen LogP contribution in [0.4, 0.5) is 0 Å². The van der Waals surface area contributed by atoms with E-state index in [1.165, 1.54) is 19.3 Å². The summed E-state index contributed by atoms with van der Waals surface area (Å²) in [5.41, 5.74) is -0.357. The number of aliphatic carboxylic acids is 1. The molecule has 0 heterocycles. The van der Waals surface area contributed by atoms with E-state index in [4.69, 9.17) is 0 Å². The minimum atomic E-state index is -0.549. The van der Waals surface area contributed by atoms with Gasteiger partial charge in [0.05, 0.1) is 5.41 Å². The lowest BCUT2D eigenvalue weighted by molar-refractivity contribution is -0.152. The number of carboxylic acid groups (broad SMARTS) is 1. The van der Waals surface area contributed by atoms with Crippen molar-refractivity contribution < 1.29 is 9.90 Å². The molecular weight excluding hydrogens is 164 g/mol. The lowest BCUT2D eigenvalue weighted by atomic mass is 9.67. The molecule has 2 aliphatic rings. The number of hydrogen-bond donors (Lipinski definition) is 1. The Morgan fingerprint density at radius 1 is 1.38 bits per heavy atom. The molecular formula is C11H18O2. The van der Waals surface area contributed by atoms with Crippen molar-refractivity contribution in [2.24, 2.45) is 17.3 Å². The van der Waals surface area contributed by atoms with E-state index in [-0.39, 0.29) is 5.41 Å². The van der Waals surface area contributed by atoms with Crippen molar-refractivity contribution in [1.82, 2.24) is 0 Å². The molecule has 0 amide bonds. The zero-order chi connectivity index (χ0) is 9.47. The predicted molar refractivity (Wildman–Crippen MR) is 50.4 cm³/mol. The monoisotopic (exact) mass is 182 g/mol. The van der Waals surface area contributed by atoms with E-state index in [1.54, 1.807) is 0 Å². The van der Waals surface area contributed by atoms with E-state index in [9.17, 15) is 9.90 Å². The number of rotatable bonds is 2. The first-order valence-electron chi connectivity index (χ1n) is 5.39. The highest BCUT2D eigenvalue weighted by Gasteiger charge is 2.47. The smallest absolute Gasteiger partial charge is 0.309 e. The Morgan fingerprint density at radius 2 is 1.92 bits per heavy atom. The Balaban J connectivity index is 2.18. The molecule has 2 saturated carbocycles. The molecule has 2 rings (SSSR count). The molecule has 2 nitrogen and oxygen atoms in total. The van der Waals surface area contributed by atoms with Crippen LogP contribution in [0.5, 0.6) is 0 Å². The van der Waals surface area contributed by atoms with E-state index in [0.717, 1.165) is 31.1 Å². The van der Waals surface area contributed by atoms with Crippen molar-refractivity contribution in [3.63, 3.8) is 0 Å². The fourth-order valence-electron chi connectivity index (χ4n) is 3.35. The number of carbonyl (C=O) groups is 1. The molecule has 0 aromatic heterocycles. The van der Waals surface area contributed by atoms with Gasteiger partial charge in [-0.15, -0.1) is 0 Å². The molecule has 1 N–H and O–H groups in total. The first kappa shape index (κ1) is 9.04. The second kappa shape index (κ2) is 3.00. The molecule has 2 fully saturated rings. The third kappa shape index (κ3) is 1.36. The van der Waals surface area contributed by atoms with Crippen LogP contribution in [0.1, 0.15) is 45.4 Å². The second-order valence-electron chi connectivity index (χ2n) is 4.89. The Labute approximate surface area is 79.3 Å². The highest BCUT2D eigenvalue weighted by Crippen LogP contribution is 2.52. The molecule has 2 atom stereocenters. The summed E-state index contributed by atoms with van der Waals surface area (Å²) in [6.45, 7) is 2.03. The second-order valence-corrected chi connectivity index (χ2v) is 4.89. The van der Waals surface area contributed by atoms with Gasteiger partial charge in [0.2, 0.25) is 0 Å². The third-order valence-corrected chi connectivity index (χ3v) is 4.14. The minimum absolute atomic E-state index is 0.357. The van der Waals surface area contributed by atoms with Gasteiger partial charge in [-0.25, -0.2) is 0 Å². The molecule has 0 saturated heterocycles. The maximum Gasteiger partial charge on any atom is 0.309 e.